The van der Waals surface area contributed by atoms with Crippen molar-refractivity contribution in [1.29, 1.82) is 0 Å². The van der Waals surface area contributed by atoms with E-state index in [1.807, 2.05) is 19.2 Å². The number of rotatable bonds is 5. The molecule has 0 bridgehead atoms. The van der Waals surface area contributed by atoms with E-state index in [2.05, 4.69) is 10.3 Å². The van der Waals surface area contributed by atoms with E-state index in [0.29, 0.717) is 12.8 Å². The van der Waals surface area contributed by atoms with Crippen LogP contribution >= 0.6 is 11.3 Å². The zero-order valence-corrected chi connectivity index (χ0v) is 12.6. The van der Waals surface area contributed by atoms with Crippen molar-refractivity contribution in [2.45, 2.75) is 52.0 Å². The van der Waals surface area contributed by atoms with Gasteiger partial charge < -0.3 is 10.4 Å². The Labute approximate surface area is 122 Å². The smallest absolute Gasteiger partial charge is 0.310 e. The molecule has 0 radical (unpaired) electrons. The SMILES string of the molecule is Cc1csc(C(C)NC(=O)CC2(C(=O)O)CCCC2)n1. The van der Waals surface area contributed by atoms with Crippen molar-refractivity contribution < 1.29 is 14.7 Å². The van der Waals surface area contributed by atoms with E-state index in [4.69, 9.17) is 0 Å². The highest BCUT2D eigenvalue weighted by Crippen LogP contribution is 2.41. The van der Waals surface area contributed by atoms with Crippen molar-refractivity contribution in [3.8, 4) is 0 Å². The van der Waals surface area contributed by atoms with Crippen LogP contribution in [0.2, 0.25) is 0 Å². The summed E-state index contributed by atoms with van der Waals surface area (Å²) < 4.78 is 0. The van der Waals surface area contributed by atoms with Crippen LogP contribution in [0.4, 0.5) is 0 Å². The fourth-order valence-corrected chi connectivity index (χ4v) is 3.55. The first-order valence-electron chi connectivity index (χ1n) is 6.88. The standard InChI is InChI=1S/C14H20N2O3S/c1-9-8-20-12(15-9)10(2)16-11(17)7-14(13(18)19)5-3-4-6-14/h8,10H,3-7H2,1-2H3,(H,16,17)(H,18,19). The average molecular weight is 296 g/mol. The maximum absolute atomic E-state index is 12.1. The van der Waals surface area contributed by atoms with Gasteiger partial charge in [0.2, 0.25) is 5.91 Å². The molecule has 2 rings (SSSR count). The number of amides is 1. The number of carbonyl (C=O) groups is 2. The van der Waals surface area contributed by atoms with Gasteiger partial charge in [0.1, 0.15) is 5.01 Å². The summed E-state index contributed by atoms with van der Waals surface area (Å²) in [5.74, 6) is -1.04. The van der Waals surface area contributed by atoms with Gasteiger partial charge in [-0.3, -0.25) is 9.59 Å². The normalized spacial score (nSPS) is 18.7. The molecule has 2 N–H and O–H groups in total. The highest BCUT2D eigenvalue weighted by Gasteiger charge is 2.43. The van der Waals surface area contributed by atoms with Crippen LogP contribution in [0.15, 0.2) is 5.38 Å². The van der Waals surface area contributed by atoms with E-state index in [0.717, 1.165) is 23.5 Å². The molecule has 1 aromatic heterocycles. The molecule has 1 fully saturated rings. The fraction of sp³-hybridized carbons (Fsp3) is 0.643. The predicted octanol–water partition coefficient (Wildman–Crippen LogP) is 2.66. The van der Waals surface area contributed by atoms with Crippen molar-refractivity contribution in [2.75, 3.05) is 0 Å². The minimum Gasteiger partial charge on any atom is -0.481 e. The summed E-state index contributed by atoms with van der Waals surface area (Å²) in [4.78, 5) is 27.9. The molecular formula is C14H20N2O3S. The van der Waals surface area contributed by atoms with Crippen LogP contribution in [0.3, 0.4) is 0 Å². The zero-order chi connectivity index (χ0) is 14.8. The molecule has 1 heterocycles. The van der Waals surface area contributed by atoms with E-state index >= 15 is 0 Å². The lowest BCUT2D eigenvalue weighted by Gasteiger charge is -2.23. The van der Waals surface area contributed by atoms with Crippen molar-refractivity contribution in [2.24, 2.45) is 5.41 Å². The van der Waals surface area contributed by atoms with Gasteiger partial charge in [0.15, 0.2) is 0 Å². The molecule has 0 saturated heterocycles. The first kappa shape index (κ1) is 15.0. The number of aryl methyl sites for hydroxylation is 1. The number of aliphatic carboxylic acids is 1. The van der Waals surface area contributed by atoms with Gasteiger partial charge in [0.25, 0.3) is 0 Å². The summed E-state index contributed by atoms with van der Waals surface area (Å²) in [6, 6.07) is -0.173. The van der Waals surface area contributed by atoms with Gasteiger partial charge in [-0.15, -0.1) is 11.3 Å². The molecule has 1 aromatic rings. The van der Waals surface area contributed by atoms with E-state index in [-0.39, 0.29) is 18.4 Å². The number of nitrogens with zero attached hydrogens (tertiary/aromatic N) is 1. The minimum absolute atomic E-state index is 0.0665. The molecule has 1 aliphatic rings. The zero-order valence-electron chi connectivity index (χ0n) is 11.8. The Morgan fingerprint density at radius 1 is 1.50 bits per heavy atom. The molecule has 1 unspecified atom stereocenters. The van der Waals surface area contributed by atoms with Crippen LogP contribution in [0, 0.1) is 12.3 Å². The molecule has 1 aliphatic carbocycles. The molecular weight excluding hydrogens is 276 g/mol. The van der Waals surface area contributed by atoms with Gasteiger partial charge in [0.05, 0.1) is 11.5 Å². The monoisotopic (exact) mass is 296 g/mol. The first-order valence-corrected chi connectivity index (χ1v) is 7.76. The van der Waals surface area contributed by atoms with Crippen molar-refractivity contribution in [3.05, 3.63) is 16.1 Å². The minimum atomic E-state index is -0.859. The Balaban J connectivity index is 1.96. The second-order valence-electron chi connectivity index (χ2n) is 5.59. The van der Waals surface area contributed by atoms with E-state index in [1.54, 1.807) is 0 Å². The molecule has 1 amide bonds. The Morgan fingerprint density at radius 3 is 2.65 bits per heavy atom. The largest absolute Gasteiger partial charge is 0.481 e. The molecule has 0 aromatic carbocycles. The molecule has 110 valence electrons. The van der Waals surface area contributed by atoms with E-state index in [9.17, 15) is 14.7 Å². The number of aromatic nitrogens is 1. The fourth-order valence-electron chi connectivity index (χ4n) is 2.75. The van der Waals surface area contributed by atoms with Crippen LogP contribution in [-0.4, -0.2) is 22.0 Å². The second-order valence-corrected chi connectivity index (χ2v) is 6.48. The highest BCUT2D eigenvalue weighted by atomic mass is 32.1. The summed E-state index contributed by atoms with van der Waals surface area (Å²) in [6.45, 7) is 3.78. The Hall–Kier alpha value is -1.43. The van der Waals surface area contributed by atoms with Gasteiger partial charge in [-0.05, 0) is 26.7 Å². The van der Waals surface area contributed by atoms with Gasteiger partial charge in [-0.2, -0.15) is 0 Å². The number of carboxylic acid groups (broad SMARTS) is 1. The van der Waals surface area contributed by atoms with Crippen LogP contribution in [-0.2, 0) is 9.59 Å². The Bertz CT molecular complexity index is 506. The number of thiazole rings is 1. The van der Waals surface area contributed by atoms with E-state index in [1.165, 1.54) is 11.3 Å². The third kappa shape index (κ3) is 3.17. The summed E-state index contributed by atoms with van der Waals surface area (Å²) in [5, 5.41) is 15.0. The van der Waals surface area contributed by atoms with Crippen LogP contribution in [0.25, 0.3) is 0 Å². The summed E-state index contributed by atoms with van der Waals surface area (Å²) in [7, 11) is 0. The Morgan fingerprint density at radius 2 is 2.15 bits per heavy atom. The van der Waals surface area contributed by atoms with Gasteiger partial charge >= 0.3 is 5.97 Å². The second kappa shape index (κ2) is 5.91. The first-order chi connectivity index (χ1) is 9.43. The average Bonchev–Trinajstić information content (AvgIpc) is 2.98. The third-order valence-corrected chi connectivity index (χ3v) is 5.04. The van der Waals surface area contributed by atoms with Crippen molar-refractivity contribution >= 4 is 23.2 Å². The number of carboxylic acids is 1. The van der Waals surface area contributed by atoms with E-state index < -0.39 is 11.4 Å². The summed E-state index contributed by atoms with van der Waals surface area (Å²) in [6.07, 6.45) is 3.04. The number of hydrogen-bond donors (Lipinski definition) is 2. The molecule has 5 nitrogen and oxygen atoms in total. The Kier molecular flexibility index (Phi) is 4.42. The number of carbonyl (C=O) groups excluding carboxylic acids is 1. The van der Waals surface area contributed by atoms with Crippen LogP contribution in [0.1, 0.15) is 55.8 Å². The number of nitrogens with one attached hydrogen (secondary N) is 1. The molecule has 6 heteroatoms. The van der Waals surface area contributed by atoms with Crippen molar-refractivity contribution in [1.82, 2.24) is 10.3 Å². The van der Waals surface area contributed by atoms with Gasteiger partial charge in [-0.25, -0.2) is 4.98 Å². The summed E-state index contributed by atoms with van der Waals surface area (Å²) in [5.41, 5.74) is 0.0756. The van der Waals surface area contributed by atoms with Gasteiger partial charge in [0, 0.05) is 17.5 Å². The van der Waals surface area contributed by atoms with Crippen molar-refractivity contribution in [3.63, 3.8) is 0 Å². The lowest BCUT2D eigenvalue weighted by molar-refractivity contribution is -0.151. The van der Waals surface area contributed by atoms with Crippen LogP contribution in [0.5, 0.6) is 0 Å². The summed E-state index contributed by atoms with van der Waals surface area (Å²) >= 11 is 1.51. The molecule has 1 atom stereocenters. The van der Waals surface area contributed by atoms with Gasteiger partial charge in [-0.1, -0.05) is 12.8 Å². The maximum atomic E-state index is 12.1. The molecule has 1 saturated carbocycles. The number of hydrogen-bond acceptors (Lipinski definition) is 4. The molecule has 0 aliphatic heterocycles. The lowest BCUT2D eigenvalue weighted by atomic mass is 9.82. The lowest BCUT2D eigenvalue weighted by Crippen LogP contribution is -2.36. The highest BCUT2D eigenvalue weighted by molar-refractivity contribution is 7.09. The third-order valence-electron chi connectivity index (χ3n) is 3.90. The maximum Gasteiger partial charge on any atom is 0.310 e. The quantitative estimate of drug-likeness (QED) is 0.875. The predicted molar refractivity (Wildman–Crippen MR) is 76.6 cm³/mol. The molecule has 0 spiro atoms. The van der Waals surface area contributed by atoms with Crippen LogP contribution < -0.4 is 5.32 Å². The topological polar surface area (TPSA) is 79.3 Å². The molecule has 20 heavy (non-hydrogen) atoms.